The molecular weight excluding hydrogens is 384 g/mol. The van der Waals surface area contributed by atoms with Gasteiger partial charge in [0.05, 0.1) is 0 Å². The predicted molar refractivity (Wildman–Crippen MR) is 128 cm³/mol. The number of rotatable bonds is 5. The predicted octanol–water partition coefficient (Wildman–Crippen LogP) is 6.96. The highest BCUT2D eigenvalue weighted by atomic mass is 16.3. The Morgan fingerprint density at radius 3 is 2.16 bits per heavy atom. The minimum absolute atomic E-state index is 0.0156. The van der Waals surface area contributed by atoms with E-state index in [4.69, 9.17) is 0 Å². The molecule has 0 radical (unpaired) electrons. The van der Waals surface area contributed by atoms with Gasteiger partial charge in [0.25, 0.3) is 0 Å². The summed E-state index contributed by atoms with van der Waals surface area (Å²) in [5.41, 5.74) is 6.65. The number of aliphatic hydroxyl groups is 1. The van der Waals surface area contributed by atoms with Gasteiger partial charge in [-0.15, -0.1) is 0 Å². The van der Waals surface area contributed by atoms with Gasteiger partial charge in [0.2, 0.25) is 0 Å². The van der Waals surface area contributed by atoms with Crippen molar-refractivity contribution in [1.29, 1.82) is 0 Å². The molecule has 0 spiro atoms. The summed E-state index contributed by atoms with van der Waals surface area (Å²) in [5.74, 6) is 0.498. The molecule has 31 heavy (non-hydrogen) atoms. The minimum atomic E-state index is -0.0156. The number of hydrogen-bond acceptors (Lipinski definition) is 3. The lowest BCUT2D eigenvalue weighted by Gasteiger charge is -2.23. The lowest BCUT2D eigenvalue weighted by Crippen LogP contribution is -2.12. The fourth-order valence-electron chi connectivity index (χ4n) is 4.00. The summed E-state index contributed by atoms with van der Waals surface area (Å²) >= 11 is 0. The summed E-state index contributed by atoms with van der Waals surface area (Å²) in [6.07, 6.45) is 3.65. The van der Waals surface area contributed by atoms with Crippen LogP contribution in [-0.2, 0) is 4.79 Å². The fourth-order valence-corrected chi connectivity index (χ4v) is 4.00. The molecule has 3 heteroatoms. The van der Waals surface area contributed by atoms with Crippen molar-refractivity contribution in [3.63, 3.8) is 0 Å². The molecular formula is C28H30O3. The molecule has 0 aromatic heterocycles. The molecule has 0 amide bonds. The zero-order chi connectivity index (χ0) is 22.9. The molecule has 0 fully saturated rings. The Morgan fingerprint density at radius 2 is 1.58 bits per heavy atom. The molecule has 0 heterocycles. The van der Waals surface area contributed by atoms with Gasteiger partial charge < -0.3 is 10.2 Å². The van der Waals surface area contributed by atoms with Crippen LogP contribution in [0.15, 0.2) is 77.9 Å². The van der Waals surface area contributed by atoms with E-state index in [1.54, 1.807) is 12.1 Å². The summed E-state index contributed by atoms with van der Waals surface area (Å²) < 4.78 is 0. The van der Waals surface area contributed by atoms with E-state index >= 15 is 0 Å². The minimum Gasteiger partial charge on any atom is -0.508 e. The Morgan fingerprint density at radius 1 is 0.935 bits per heavy atom. The van der Waals surface area contributed by atoms with E-state index in [9.17, 15) is 15.0 Å². The first-order chi connectivity index (χ1) is 14.6. The molecule has 0 bridgehead atoms. The third-order valence-corrected chi connectivity index (χ3v) is 5.69. The maximum atomic E-state index is 12.6. The maximum Gasteiger partial charge on any atom is 0.182 e. The summed E-state index contributed by atoms with van der Waals surface area (Å²) in [7, 11) is 0. The van der Waals surface area contributed by atoms with Gasteiger partial charge in [0.1, 0.15) is 11.5 Å². The molecule has 160 valence electrons. The molecule has 0 unspecified atom stereocenters. The first-order valence-corrected chi connectivity index (χ1v) is 10.6. The second-order valence-electron chi connectivity index (χ2n) is 8.66. The molecule has 1 aliphatic rings. The third-order valence-electron chi connectivity index (χ3n) is 5.69. The van der Waals surface area contributed by atoms with E-state index in [1.165, 1.54) is 0 Å². The Balaban J connectivity index is 2.44. The van der Waals surface area contributed by atoms with Gasteiger partial charge in [-0.2, -0.15) is 0 Å². The van der Waals surface area contributed by atoms with Crippen molar-refractivity contribution in [1.82, 2.24) is 0 Å². The number of allylic oxidation sites excluding steroid dienone is 5. The van der Waals surface area contributed by atoms with Crippen LogP contribution in [-0.4, -0.2) is 16.0 Å². The lowest BCUT2D eigenvalue weighted by atomic mass is 9.81. The van der Waals surface area contributed by atoms with E-state index in [0.29, 0.717) is 5.56 Å². The number of carbonyl (C=O) groups is 1. The summed E-state index contributed by atoms with van der Waals surface area (Å²) in [4.78, 5) is 12.6. The van der Waals surface area contributed by atoms with Gasteiger partial charge in [-0.25, -0.2) is 0 Å². The number of ketones is 1. The maximum absolute atomic E-state index is 12.6. The number of hydrogen-bond donors (Lipinski definition) is 2. The van der Waals surface area contributed by atoms with E-state index in [1.807, 2.05) is 77.1 Å². The van der Waals surface area contributed by atoms with Crippen molar-refractivity contribution < 1.29 is 15.0 Å². The van der Waals surface area contributed by atoms with Gasteiger partial charge in [0.15, 0.2) is 5.78 Å². The van der Waals surface area contributed by atoms with Crippen LogP contribution in [0.4, 0.5) is 0 Å². The summed E-state index contributed by atoms with van der Waals surface area (Å²) in [5, 5.41) is 20.7. The molecule has 1 aliphatic carbocycles. The van der Waals surface area contributed by atoms with E-state index < -0.39 is 0 Å². The van der Waals surface area contributed by atoms with Crippen molar-refractivity contribution in [3.8, 4) is 5.75 Å². The number of aromatic hydroxyl groups is 1. The highest BCUT2D eigenvalue weighted by Gasteiger charge is 2.23. The summed E-state index contributed by atoms with van der Waals surface area (Å²) in [6, 6.07) is 13.2. The first-order valence-electron chi connectivity index (χ1n) is 10.6. The van der Waals surface area contributed by atoms with E-state index in [0.717, 1.165) is 39.0 Å². The normalized spacial score (nSPS) is 15.8. The Labute approximate surface area is 184 Å². The molecule has 3 nitrogen and oxygen atoms in total. The number of carbonyl (C=O) groups excluding carboxylic acids is 1. The van der Waals surface area contributed by atoms with E-state index in [2.05, 4.69) is 6.58 Å². The molecule has 2 N–H and O–H groups in total. The Hall–Kier alpha value is -3.33. The molecule has 3 rings (SSSR count). The number of phenols is 1. The average molecular weight is 415 g/mol. The SMILES string of the molecule is C=C(O)c1ccccc1C(=C1C=C(C(C)C)C(=O)C=C1C)c1ccc(O)c(C(C)C)c1. The Bertz CT molecular complexity index is 1140. The smallest absolute Gasteiger partial charge is 0.182 e. The van der Waals surface area contributed by atoms with Gasteiger partial charge in [-0.3, -0.25) is 4.79 Å². The van der Waals surface area contributed by atoms with Crippen molar-refractivity contribution in [2.45, 2.75) is 40.5 Å². The van der Waals surface area contributed by atoms with Crippen LogP contribution in [0.5, 0.6) is 5.75 Å². The molecule has 0 saturated carbocycles. The average Bonchev–Trinajstić information content (AvgIpc) is 2.70. The van der Waals surface area contributed by atoms with Crippen molar-refractivity contribution in [2.24, 2.45) is 5.92 Å². The lowest BCUT2D eigenvalue weighted by molar-refractivity contribution is -0.111. The van der Waals surface area contributed by atoms with Crippen LogP contribution in [0.3, 0.4) is 0 Å². The number of aliphatic hydroxyl groups excluding tert-OH is 1. The van der Waals surface area contributed by atoms with Crippen LogP contribution in [0.1, 0.15) is 62.8 Å². The Kier molecular flexibility index (Phi) is 6.35. The first kappa shape index (κ1) is 22.4. The van der Waals surface area contributed by atoms with Crippen LogP contribution in [0.25, 0.3) is 11.3 Å². The quantitative estimate of drug-likeness (QED) is 0.520. The van der Waals surface area contributed by atoms with Crippen LogP contribution in [0, 0.1) is 5.92 Å². The van der Waals surface area contributed by atoms with Crippen LogP contribution in [0.2, 0.25) is 0 Å². The van der Waals surface area contributed by atoms with Crippen LogP contribution < -0.4 is 0 Å². The second-order valence-corrected chi connectivity index (χ2v) is 8.66. The van der Waals surface area contributed by atoms with Gasteiger partial charge in [0, 0.05) is 11.1 Å². The zero-order valence-electron chi connectivity index (χ0n) is 18.9. The van der Waals surface area contributed by atoms with E-state index in [-0.39, 0.29) is 29.1 Å². The van der Waals surface area contributed by atoms with Gasteiger partial charge in [-0.05, 0) is 76.5 Å². The van der Waals surface area contributed by atoms with Gasteiger partial charge in [-0.1, -0.05) is 64.6 Å². The van der Waals surface area contributed by atoms with Crippen LogP contribution >= 0.6 is 0 Å². The topological polar surface area (TPSA) is 57.5 Å². The molecule has 2 aromatic carbocycles. The third kappa shape index (κ3) is 4.41. The number of benzene rings is 2. The fraction of sp³-hybridized carbons (Fsp3) is 0.250. The molecule has 0 saturated heterocycles. The number of phenolic OH excluding ortho intramolecular Hbond substituents is 1. The highest BCUT2D eigenvalue weighted by Crippen LogP contribution is 2.39. The van der Waals surface area contributed by atoms with Crippen molar-refractivity contribution >= 4 is 17.1 Å². The van der Waals surface area contributed by atoms with Crippen molar-refractivity contribution in [3.05, 3.63) is 100 Å². The second kappa shape index (κ2) is 8.81. The highest BCUT2D eigenvalue weighted by molar-refractivity contribution is 6.08. The van der Waals surface area contributed by atoms with Crippen molar-refractivity contribution in [2.75, 3.05) is 0 Å². The largest absolute Gasteiger partial charge is 0.508 e. The monoisotopic (exact) mass is 414 g/mol. The molecule has 0 aliphatic heterocycles. The standard InChI is InChI=1S/C28H30O3/c1-16(2)23-14-20(11-12-26(23)30)28(22-10-8-7-9-21(22)19(6)29)25-15-24(17(3)4)27(31)13-18(25)5/h7-17,29-30H,6H2,1-5H3. The summed E-state index contributed by atoms with van der Waals surface area (Å²) in [6.45, 7) is 13.8. The van der Waals surface area contributed by atoms with Gasteiger partial charge >= 0.3 is 0 Å². The molecule has 2 aromatic rings. The molecule has 0 atom stereocenters. The zero-order valence-corrected chi connectivity index (χ0v) is 18.9.